The van der Waals surface area contributed by atoms with E-state index in [0.29, 0.717) is 13.2 Å². The molecule has 0 aliphatic heterocycles. The molecule has 1 amide bonds. The summed E-state index contributed by atoms with van der Waals surface area (Å²) in [6.45, 7) is 1.07. The Labute approximate surface area is 110 Å². The third-order valence-electron chi connectivity index (χ3n) is 1.91. The lowest BCUT2D eigenvalue weighted by Crippen LogP contribution is -2.30. The van der Waals surface area contributed by atoms with Gasteiger partial charge in [0.05, 0.1) is 13.2 Å². The number of anilines is 1. The van der Waals surface area contributed by atoms with Crippen LogP contribution in [0.25, 0.3) is 0 Å². The number of amides is 1. The number of rotatable bonds is 6. The van der Waals surface area contributed by atoms with Gasteiger partial charge in [0.15, 0.2) is 0 Å². The zero-order chi connectivity index (χ0) is 12.7. The van der Waals surface area contributed by atoms with E-state index >= 15 is 0 Å². The molecule has 0 atom stereocenters. The smallest absolute Gasteiger partial charge is 0.238 e. The summed E-state index contributed by atoms with van der Waals surface area (Å²) in [5.74, 6) is -1.83. The molecule has 0 aromatic heterocycles. The predicted molar refractivity (Wildman–Crippen MR) is 67.0 cm³/mol. The standard InChI is InChI=1S/C11H14F2N2O2.ClH/c1-17-3-2-14-7-11(16)15-10-5-8(12)4-9(13)6-10;/h4-6,14H,2-3,7H2,1H3,(H,15,16);1H. The van der Waals surface area contributed by atoms with Crippen LogP contribution in [0.15, 0.2) is 18.2 Å². The second-order valence-corrected chi connectivity index (χ2v) is 3.38. The molecule has 0 aliphatic rings. The summed E-state index contributed by atoms with van der Waals surface area (Å²) < 4.78 is 30.4. The SMILES string of the molecule is COCCNCC(=O)Nc1cc(F)cc(F)c1.Cl. The van der Waals surface area contributed by atoms with Gasteiger partial charge in [0.25, 0.3) is 0 Å². The number of carbonyl (C=O) groups excluding carboxylic acids is 1. The van der Waals surface area contributed by atoms with E-state index in [1.807, 2.05) is 0 Å². The minimum absolute atomic E-state index is 0. The van der Waals surface area contributed by atoms with Crippen LogP contribution in [-0.4, -0.2) is 32.7 Å². The summed E-state index contributed by atoms with van der Waals surface area (Å²) in [5.41, 5.74) is 0.0982. The third-order valence-corrected chi connectivity index (χ3v) is 1.91. The summed E-state index contributed by atoms with van der Waals surface area (Å²) in [6.07, 6.45) is 0. The molecule has 1 rings (SSSR count). The molecule has 0 spiro atoms. The molecule has 0 radical (unpaired) electrons. The lowest BCUT2D eigenvalue weighted by molar-refractivity contribution is -0.115. The van der Waals surface area contributed by atoms with Crippen LogP contribution in [0.4, 0.5) is 14.5 Å². The predicted octanol–water partition coefficient (Wildman–Crippen LogP) is 1.56. The lowest BCUT2D eigenvalue weighted by atomic mass is 10.3. The molecule has 4 nitrogen and oxygen atoms in total. The number of ether oxygens (including phenoxy) is 1. The summed E-state index contributed by atoms with van der Waals surface area (Å²) in [6, 6.07) is 2.85. The van der Waals surface area contributed by atoms with Gasteiger partial charge in [-0.05, 0) is 12.1 Å². The first-order chi connectivity index (χ1) is 8.11. The number of methoxy groups -OCH3 is 1. The lowest BCUT2D eigenvalue weighted by Gasteiger charge is -2.06. The minimum Gasteiger partial charge on any atom is -0.383 e. The number of hydrogen-bond donors (Lipinski definition) is 2. The highest BCUT2D eigenvalue weighted by Gasteiger charge is 2.04. The topological polar surface area (TPSA) is 50.4 Å². The third kappa shape index (κ3) is 6.48. The molecule has 102 valence electrons. The Hall–Kier alpha value is -1.24. The van der Waals surface area contributed by atoms with Crippen molar-refractivity contribution in [2.45, 2.75) is 0 Å². The van der Waals surface area contributed by atoms with Gasteiger partial charge < -0.3 is 15.4 Å². The van der Waals surface area contributed by atoms with Crippen molar-refractivity contribution >= 4 is 24.0 Å². The first-order valence-electron chi connectivity index (χ1n) is 5.07. The molecule has 0 bridgehead atoms. The summed E-state index contributed by atoms with van der Waals surface area (Å²) in [7, 11) is 1.55. The van der Waals surface area contributed by atoms with Crippen molar-refractivity contribution in [1.82, 2.24) is 5.32 Å². The maximum Gasteiger partial charge on any atom is 0.238 e. The van der Waals surface area contributed by atoms with E-state index in [0.717, 1.165) is 18.2 Å². The fourth-order valence-corrected chi connectivity index (χ4v) is 1.21. The van der Waals surface area contributed by atoms with Crippen molar-refractivity contribution in [2.75, 3.05) is 32.1 Å². The zero-order valence-corrected chi connectivity index (χ0v) is 10.7. The summed E-state index contributed by atoms with van der Waals surface area (Å²) in [4.78, 5) is 11.3. The second kappa shape index (κ2) is 8.79. The molecule has 1 aromatic rings. The molecule has 7 heteroatoms. The monoisotopic (exact) mass is 280 g/mol. The van der Waals surface area contributed by atoms with Crippen molar-refractivity contribution < 1.29 is 18.3 Å². The maximum absolute atomic E-state index is 12.8. The van der Waals surface area contributed by atoms with Crippen LogP contribution in [0.5, 0.6) is 0 Å². The fourth-order valence-electron chi connectivity index (χ4n) is 1.21. The molecule has 1 aromatic carbocycles. The molecule has 0 saturated heterocycles. The van der Waals surface area contributed by atoms with Crippen molar-refractivity contribution in [1.29, 1.82) is 0 Å². The maximum atomic E-state index is 12.8. The van der Waals surface area contributed by atoms with Gasteiger partial charge in [0.1, 0.15) is 11.6 Å². The van der Waals surface area contributed by atoms with Gasteiger partial charge in [-0.3, -0.25) is 4.79 Å². The van der Waals surface area contributed by atoms with Crippen molar-refractivity contribution in [3.63, 3.8) is 0 Å². The number of hydrogen-bond acceptors (Lipinski definition) is 3. The van der Waals surface area contributed by atoms with E-state index in [-0.39, 0.29) is 30.5 Å². The Morgan fingerprint density at radius 3 is 2.44 bits per heavy atom. The highest BCUT2D eigenvalue weighted by Crippen LogP contribution is 2.12. The first-order valence-corrected chi connectivity index (χ1v) is 5.07. The molecular weight excluding hydrogens is 266 g/mol. The number of carbonyl (C=O) groups is 1. The van der Waals surface area contributed by atoms with Crippen LogP contribution in [-0.2, 0) is 9.53 Å². The molecule has 2 N–H and O–H groups in total. The van der Waals surface area contributed by atoms with Crippen LogP contribution >= 0.6 is 12.4 Å². The normalized spacial score (nSPS) is 9.72. The Balaban J connectivity index is 0.00000289. The molecule has 0 unspecified atom stereocenters. The van der Waals surface area contributed by atoms with Gasteiger partial charge >= 0.3 is 0 Å². The molecule has 0 fully saturated rings. The Morgan fingerprint density at radius 1 is 1.28 bits per heavy atom. The average molecular weight is 281 g/mol. The molecule has 18 heavy (non-hydrogen) atoms. The van der Waals surface area contributed by atoms with Crippen molar-refractivity contribution in [3.05, 3.63) is 29.8 Å². The first kappa shape index (κ1) is 16.8. The van der Waals surface area contributed by atoms with Gasteiger partial charge in [-0.25, -0.2) is 8.78 Å². The fraction of sp³-hybridized carbons (Fsp3) is 0.364. The number of nitrogens with one attached hydrogen (secondary N) is 2. The molecule has 0 saturated carbocycles. The van der Waals surface area contributed by atoms with Crippen LogP contribution in [0, 0.1) is 11.6 Å². The number of benzene rings is 1. The van der Waals surface area contributed by atoms with Crippen LogP contribution in [0.2, 0.25) is 0 Å². The number of halogens is 3. The van der Waals surface area contributed by atoms with E-state index in [1.54, 1.807) is 7.11 Å². The van der Waals surface area contributed by atoms with E-state index < -0.39 is 11.6 Å². The molecule has 0 heterocycles. The van der Waals surface area contributed by atoms with Crippen LogP contribution in [0.3, 0.4) is 0 Å². The van der Waals surface area contributed by atoms with Crippen LogP contribution in [0.1, 0.15) is 0 Å². The van der Waals surface area contributed by atoms with E-state index in [9.17, 15) is 13.6 Å². The zero-order valence-electron chi connectivity index (χ0n) is 9.83. The quantitative estimate of drug-likeness (QED) is 0.778. The van der Waals surface area contributed by atoms with Gasteiger partial charge in [-0.1, -0.05) is 0 Å². The van der Waals surface area contributed by atoms with Crippen molar-refractivity contribution in [3.8, 4) is 0 Å². The summed E-state index contributed by atoms with van der Waals surface area (Å²) in [5, 5.41) is 5.19. The molecular formula is C11H15ClF2N2O2. The van der Waals surface area contributed by atoms with E-state index in [4.69, 9.17) is 4.74 Å². The Morgan fingerprint density at radius 2 is 1.89 bits per heavy atom. The van der Waals surface area contributed by atoms with Gasteiger partial charge in [0, 0.05) is 25.4 Å². The second-order valence-electron chi connectivity index (χ2n) is 3.38. The van der Waals surface area contributed by atoms with Gasteiger partial charge in [-0.15, -0.1) is 12.4 Å². The van der Waals surface area contributed by atoms with Gasteiger partial charge in [-0.2, -0.15) is 0 Å². The Bertz CT molecular complexity index is 371. The Kier molecular flexibility index (Phi) is 8.19. The van der Waals surface area contributed by atoms with Crippen LogP contribution < -0.4 is 10.6 Å². The summed E-state index contributed by atoms with van der Waals surface area (Å²) >= 11 is 0. The minimum atomic E-state index is -0.729. The average Bonchev–Trinajstić information content (AvgIpc) is 2.23. The van der Waals surface area contributed by atoms with E-state index in [1.165, 1.54) is 0 Å². The van der Waals surface area contributed by atoms with E-state index in [2.05, 4.69) is 10.6 Å². The molecule has 0 aliphatic carbocycles. The van der Waals surface area contributed by atoms with Crippen molar-refractivity contribution in [2.24, 2.45) is 0 Å². The van der Waals surface area contributed by atoms with Gasteiger partial charge in [0.2, 0.25) is 5.91 Å². The highest BCUT2D eigenvalue weighted by molar-refractivity contribution is 5.92. The highest BCUT2D eigenvalue weighted by atomic mass is 35.5. The largest absolute Gasteiger partial charge is 0.383 e.